The number of amides is 3. The number of nitrogens with zero attached hydrogens (tertiary/aromatic N) is 1. The van der Waals surface area contributed by atoms with E-state index < -0.39 is 12.1 Å². The predicted octanol–water partition coefficient (Wildman–Crippen LogP) is 6.01. The Morgan fingerprint density at radius 3 is 2.46 bits per heavy atom. The molecule has 0 radical (unpaired) electrons. The van der Waals surface area contributed by atoms with Crippen molar-refractivity contribution in [1.82, 2.24) is 16.1 Å². The van der Waals surface area contributed by atoms with Crippen LogP contribution in [0.2, 0.25) is 0 Å². The number of nitrogens with one attached hydrogen (secondary N) is 3. The van der Waals surface area contributed by atoms with Gasteiger partial charge in [0.15, 0.2) is 0 Å². The average Bonchev–Trinajstić information content (AvgIpc) is 3.92. The Labute approximate surface area is 338 Å². The van der Waals surface area contributed by atoms with Gasteiger partial charge in [-0.15, -0.1) is 0 Å². The summed E-state index contributed by atoms with van der Waals surface area (Å²) in [5, 5.41) is 10.3. The number of hydrogen-bond donors (Lipinski definition) is 3. The van der Waals surface area contributed by atoms with Gasteiger partial charge in [0.2, 0.25) is 17.7 Å². The zero-order chi connectivity index (χ0) is 41.4. The molecule has 314 valence electrons. The van der Waals surface area contributed by atoms with Crippen molar-refractivity contribution in [2.45, 2.75) is 148 Å². The molecule has 3 heterocycles. The number of benzene rings is 1. The maximum Gasteiger partial charge on any atom is 0.303 e. The Balaban J connectivity index is 1.18. The van der Waals surface area contributed by atoms with Crippen LogP contribution in [-0.2, 0) is 38.1 Å². The van der Waals surface area contributed by atoms with Gasteiger partial charge in [0.1, 0.15) is 11.9 Å². The van der Waals surface area contributed by atoms with Crippen LogP contribution < -0.4 is 20.8 Å². The molecule has 8 atom stereocenters. The summed E-state index contributed by atoms with van der Waals surface area (Å²) in [5.41, 5.74) is 5.11. The number of rotatable bonds is 20. The minimum Gasteiger partial charge on any atom is -0.494 e. The summed E-state index contributed by atoms with van der Waals surface area (Å²) in [6.07, 6.45) is 14.6. The summed E-state index contributed by atoms with van der Waals surface area (Å²) in [5.74, 6) is 0.239. The van der Waals surface area contributed by atoms with Crippen molar-refractivity contribution < 1.29 is 42.9 Å². The summed E-state index contributed by atoms with van der Waals surface area (Å²) in [6, 6.07) is 7.52. The molecular formula is C44H64N4O9. The highest BCUT2D eigenvalue weighted by Gasteiger charge is 2.51. The quantitative estimate of drug-likeness (QED) is 0.0273. The molecule has 3 aliphatic heterocycles. The molecule has 0 aliphatic carbocycles. The molecule has 0 saturated carbocycles. The van der Waals surface area contributed by atoms with Crippen LogP contribution in [0.3, 0.4) is 0 Å². The van der Waals surface area contributed by atoms with Gasteiger partial charge in [0.25, 0.3) is 0 Å². The lowest BCUT2D eigenvalue weighted by Crippen LogP contribution is -2.50. The first-order chi connectivity index (χ1) is 27.2. The third kappa shape index (κ3) is 16.2. The zero-order valence-electron chi connectivity index (χ0n) is 34.8. The average molecular weight is 793 g/mol. The predicted molar refractivity (Wildman–Crippen MR) is 219 cm³/mol. The Hall–Kier alpha value is -4.33. The number of ether oxygens (including phenoxy) is 5. The fourth-order valence-electron chi connectivity index (χ4n) is 7.08. The maximum atomic E-state index is 13.0. The number of esters is 1. The molecule has 57 heavy (non-hydrogen) atoms. The standard InChI is InChI=1S/C44H64N4O9/c1-8-41(50)45-22-10-9-11-23-53-36-18-15-35(16-19-36)32(5)47-48-43(52)25-38-27-44(28-54-44)26-37(57-38)17-12-29(2)13-20-40-30(3)24-39(33(6)56-40)46-42(51)21-14-31(4)55-34(7)49/h12-19,21,30-31,33,37-40H,8-11,20,22-28H2,1-7H3,(H,45,50)(H,46,51)(H,48,52). The van der Waals surface area contributed by atoms with E-state index in [2.05, 4.69) is 53.2 Å². The smallest absolute Gasteiger partial charge is 0.303 e. The highest BCUT2D eigenvalue weighted by atomic mass is 16.6. The topological polar surface area (TPSA) is 166 Å². The molecule has 1 spiro atoms. The molecule has 3 N–H and O–H groups in total. The van der Waals surface area contributed by atoms with Crippen LogP contribution in [0.1, 0.15) is 112 Å². The molecule has 8 unspecified atom stereocenters. The Kier molecular flexibility index (Phi) is 18.0. The van der Waals surface area contributed by atoms with Crippen LogP contribution in [0.15, 0.2) is 65.3 Å². The van der Waals surface area contributed by atoms with E-state index in [0.29, 0.717) is 38.3 Å². The number of carbonyl (C=O) groups is 4. The highest BCUT2D eigenvalue weighted by Crippen LogP contribution is 2.43. The second-order valence-electron chi connectivity index (χ2n) is 15.7. The molecule has 13 heteroatoms. The van der Waals surface area contributed by atoms with Crippen LogP contribution in [0, 0.1) is 5.92 Å². The van der Waals surface area contributed by atoms with E-state index in [1.165, 1.54) is 13.0 Å². The Morgan fingerprint density at radius 2 is 1.75 bits per heavy atom. The van der Waals surface area contributed by atoms with E-state index in [-0.39, 0.29) is 66.1 Å². The van der Waals surface area contributed by atoms with Gasteiger partial charge >= 0.3 is 5.97 Å². The lowest BCUT2D eigenvalue weighted by Gasteiger charge is -2.39. The van der Waals surface area contributed by atoms with E-state index in [1.807, 2.05) is 45.0 Å². The number of unbranched alkanes of at least 4 members (excludes halogenated alkanes) is 2. The fraction of sp³-hybridized carbons (Fsp3) is 0.614. The Morgan fingerprint density at radius 1 is 1.00 bits per heavy atom. The van der Waals surface area contributed by atoms with E-state index >= 15 is 0 Å². The van der Waals surface area contributed by atoms with Gasteiger partial charge in [-0.05, 0) is 102 Å². The van der Waals surface area contributed by atoms with Gasteiger partial charge in [-0.3, -0.25) is 19.2 Å². The van der Waals surface area contributed by atoms with E-state index in [9.17, 15) is 19.2 Å². The second kappa shape index (κ2) is 22.6. The normalized spacial score (nSPS) is 26.9. The summed E-state index contributed by atoms with van der Waals surface area (Å²) in [7, 11) is 0. The lowest BCUT2D eigenvalue weighted by atomic mass is 9.88. The molecule has 0 bridgehead atoms. The van der Waals surface area contributed by atoms with Crippen molar-refractivity contribution in [2.24, 2.45) is 11.0 Å². The molecule has 3 fully saturated rings. The second-order valence-corrected chi connectivity index (χ2v) is 15.7. The van der Waals surface area contributed by atoms with Gasteiger partial charge in [-0.25, -0.2) is 5.43 Å². The summed E-state index contributed by atoms with van der Waals surface area (Å²) < 4.78 is 29.4. The molecule has 3 amide bonds. The van der Waals surface area contributed by atoms with E-state index in [0.717, 1.165) is 55.4 Å². The van der Waals surface area contributed by atoms with Crippen LogP contribution in [0.4, 0.5) is 0 Å². The van der Waals surface area contributed by atoms with Crippen molar-refractivity contribution in [3.05, 3.63) is 65.8 Å². The number of allylic oxidation sites excluding steroid dienone is 2. The van der Waals surface area contributed by atoms with Gasteiger partial charge in [0, 0.05) is 38.8 Å². The van der Waals surface area contributed by atoms with Crippen molar-refractivity contribution in [2.75, 3.05) is 19.8 Å². The van der Waals surface area contributed by atoms with Crippen LogP contribution in [0.5, 0.6) is 5.75 Å². The van der Waals surface area contributed by atoms with Crippen molar-refractivity contribution >= 4 is 29.4 Å². The van der Waals surface area contributed by atoms with Crippen LogP contribution >= 0.6 is 0 Å². The summed E-state index contributed by atoms with van der Waals surface area (Å²) in [4.78, 5) is 47.8. The van der Waals surface area contributed by atoms with Gasteiger partial charge in [0.05, 0.1) is 61.4 Å². The summed E-state index contributed by atoms with van der Waals surface area (Å²) >= 11 is 0. The first kappa shape index (κ1) is 45.4. The van der Waals surface area contributed by atoms with E-state index in [4.69, 9.17) is 23.7 Å². The molecule has 3 aliphatic rings. The molecule has 0 aromatic heterocycles. The highest BCUT2D eigenvalue weighted by molar-refractivity contribution is 5.99. The molecule has 4 rings (SSSR count). The van der Waals surface area contributed by atoms with Gasteiger partial charge < -0.3 is 34.3 Å². The third-order valence-electron chi connectivity index (χ3n) is 10.5. The molecule has 1 aromatic rings. The first-order valence-electron chi connectivity index (χ1n) is 20.5. The van der Waals surface area contributed by atoms with Gasteiger partial charge in [-0.2, -0.15) is 5.10 Å². The number of carbonyl (C=O) groups excluding carboxylic acids is 4. The molecule has 13 nitrogen and oxygen atoms in total. The van der Waals surface area contributed by atoms with Crippen molar-refractivity contribution in [1.29, 1.82) is 0 Å². The third-order valence-corrected chi connectivity index (χ3v) is 10.5. The minimum atomic E-state index is -0.476. The Bertz CT molecular complexity index is 1620. The number of hydrazone groups is 1. The van der Waals surface area contributed by atoms with Crippen LogP contribution in [-0.4, -0.2) is 91.3 Å². The number of hydrogen-bond acceptors (Lipinski definition) is 10. The minimum absolute atomic E-state index is 0.0202. The maximum absolute atomic E-state index is 13.0. The van der Waals surface area contributed by atoms with Gasteiger partial charge in [-0.1, -0.05) is 37.6 Å². The van der Waals surface area contributed by atoms with Crippen LogP contribution in [0.25, 0.3) is 0 Å². The lowest BCUT2D eigenvalue weighted by molar-refractivity contribution is -0.143. The molecular weight excluding hydrogens is 729 g/mol. The first-order valence-corrected chi connectivity index (χ1v) is 20.5. The SMILES string of the molecule is CCC(=O)NCCCCCOc1ccc(C(C)=NNC(=O)CC2CC3(CO3)CC(C=CC(C)=CCC3OC(C)C(NC(=O)C=CC(C)OC(C)=O)CC3C)O2)cc1. The zero-order valence-corrected chi connectivity index (χ0v) is 34.8. The largest absolute Gasteiger partial charge is 0.494 e. The fourth-order valence-corrected chi connectivity index (χ4v) is 7.08. The molecule has 3 saturated heterocycles. The summed E-state index contributed by atoms with van der Waals surface area (Å²) in [6.45, 7) is 14.9. The monoisotopic (exact) mass is 792 g/mol. The van der Waals surface area contributed by atoms with Crippen molar-refractivity contribution in [3.63, 3.8) is 0 Å². The van der Waals surface area contributed by atoms with E-state index in [1.54, 1.807) is 13.0 Å². The molecule has 1 aromatic carbocycles. The van der Waals surface area contributed by atoms with Crippen molar-refractivity contribution in [3.8, 4) is 5.75 Å². The number of epoxide rings is 1.